The van der Waals surface area contributed by atoms with E-state index < -0.39 is 6.36 Å². The number of hydrogen-bond acceptors (Lipinski definition) is 5. The number of imidazole rings is 1. The van der Waals surface area contributed by atoms with Crippen LogP contribution < -0.4 is 15.0 Å². The van der Waals surface area contributed by atoms with Crippen molar-refractivity contribution in [3.63, 3.8) is 0 Å². The number of ether oxygens (including phenoxy) is 1. The molecule has 1 amide bonds. The minimum Gasteiger partial charge on any atom is -0.405 e. The molecule has 0 bridgehead atoms. The first kappa shape index (κ1) is 21.9. The molecule has 2 aromatic carbocycles. The van der Waals surface area contributed by atoms with E-state index in [1.807, 2.05) is 29.2 Å². The summed E-state index contributed by atoms with van der Waals surface area (Å²) in [5, 5.41) is 2.69. The number of H-pyrrole nitrogens is 1. The van der Waals surface area contributed by atoms with Gasteiger partial charge in [-0.25, -0.2) is 4.98 Å². The minimum absolute atomic E-state index is 0.0377. The van der Waals surface area contributed by atoms with Gasteiger partial charge in [-0.2, -0.15) is 0 Å². The molecule has 0 spiro atoms. The van der Waals surface area contributed by atoms with E-state index in [1.54, 1.807) is 6.07 Å². The third-order valence-corrected chi connectivity index (χ3v) is 5.31. The van der Waals surface area contributed by atoms with Crippen LogP contribution in [0.1, 0.15) is 12.0 Å². The fourth-order valence-electron chi connectivity index (χ4n) is 3.76. The number of aromatic nitrogens is 2. The van der Waals surface area contributed by atoms with Crippen LogP contribution in [0.4, 0.5) is 19.1 Å². The number of carbonyl (C=O) groups is 1. The molecule has 2 N–H and O–H groups in total. The predicted molar refractivity (Wildman–Crippen MR) is 114 cm³/mol. The third kappa shape index (κ3) is 5.70. The molecule has 2 heterocycles. The summed E-state index contributed by atoms with van der Waals surface area (Å²) in [4.78, 5) is 24.6. The molecule has 1 aliphatic rings. The summed E-state index contributed by atoms with van der Waals surface area (Å²) in [5.74, 6) is 0.263. The molecule has 0 aliphatic carbocycles. The topological polar surface area (TPSA) is 73.5 Å². The lowest BCUT2D eigenvalue weighted by atomic mass is 10.2. The van der Waals surface area contributed by atoms with Crippen LogP contribution in [0.25, 0.3) is 11.0 Å². The molecule has 170 valence electrons. The lowest BCUT2D eigenvalue weighted by Gasteiger charge is -2.21. The van der Waals surface area contributed by atoms with Crippen molar-refractivity contribution in [1.29, 1.82) is 0 Å². The van der Waals surface area contributed by atoms with Crippen LogP contribution >= 0.6 is 0 Å². The molecule has 10 heteroatoms. The van der Waals surface area contributed by atoms with E-state index in [-0.39, 0.29) is 30.3 Å². The molecule has 1 aromatic heterocycles. The molecule has 32 heavy (non-hydrogen) atoms. The number of alkyl halides is 3. The Kier molecular flexibility index (Phi) is 6.50. The summed E-state index contributed by atoms with van der Waals surface area (Å²) in [6.45, 7) is 3.10. The molecule has 0 unspecified atom stereocenters. The molecule has 1 aliphatic heterocycles. The highest BCUT2D eigenvalue weighted by Crippen LogP contribution is 2.26. The summed E-state index contributed by atoms with van der Waals surface area (Å²) in [6.07, 6.45) is -3.91. The van der Waals surface area contributed by atoms with Gasteiger partial charge in [0, 0.05) is 38.3 Å². The Bertz CT molecular complexity index is 1040. The number of para-hydroxylation sites is 3. The van der Waals surface area contributed by atoms with Gasteiger partial charge in [-0.1, -0.05) is 30.3 Å². The highest BCUT2D eigenvalue weighted by Gasteiger charge is 2.32. The number of anilines is 1. The van der Waals surface area contributed by atoms with Crippen LogP contribution in [0.2, 0.25) is 0 Å². The maximum absolute atomic E-state index is 12.6. The van der Waals surface area contributed by atoms with Crippen molar-refractivity contribution in [3.05, 3.63) is 54.1 Å². The summed E-state index contributed by atoms with van der Waals surface area (Å²) >= 11 is 0. The first-order valence-electron chi connectivity index (χ1n) is 10.4. The zero-order valence-electron chi connectivity index (χ0n) is 17.4. The second kappa shape index (κ2) is 9.47. The average Bonchev–Trinajstić information content (AvgIpc) is 3.05. The van der Waals surface area contributed by atoms with Crippen molar-refractivity contribution in [2.75, 3.05) is 37.6 Å². The molecule has 7 nitrogen and oxygen atoms in total. The van der Waals surface area contributed by atoms with Crippen molar-refractivity contribution in [2.45, 2.75) is 19.3 Å². The number of nitrogens with zero attached hydrogens (tertiary/aromatic N) is 3. The van der Waals surface area contributed by atoms with Gasteiger partial charge in [-0.3, -0.25) is 9.69 Å². The Balaban J connectivity index is 1.29. The standard InChI is InChI=1S/C22H24F3N5O2/c23-22(24,25)32-19-9-4-1-6-16(19)14-26-20(31)15-29-10-5-11-30(13-12-29)21-27-17-7-2-3-8-18(17)28-21/h1-4,6-9H,5,10-15H2,(H,26,31)(H,27,28). The van der Waals surface area contributed by atoms with Crippen LogP contribution in [-0.4, -0.2) is 59.9 Å². The first-order chi connectivity index (χ1) is 15.4. The number of aromatic amines is 1. The van der Waals surface area contributed by atoms with Gasteiger partial charge in [0.05, 0.1) is 17.6 Å². The Morgan fingerprint density at radius 3 is 2.66 bits per heavy atom. The fourth-order valence-corrected chi connectivity index (χ4v) is 3.76. The largest absolute Gasteiger partial charge is 0.573 e. The Morgan fingerprint density at radius 1 is 1.06 bits per heavy atom. The van der Waals surface area contributed by atoms with Crippen LogP contribution in [0, 0.1) is 0 Å². The van der Waals surface area contributed by atoms with Gasteiger partial charge in [-0.15, -0.1) is 13.2 Å². The van der Waals surface area contributed by atoms with Gasteiger partial charge in [0.2, 0.25) is 11.9 Å². The predicted octanol–water partition coefficient (Wildman–Crippen LogP) is 3.29. The minimum atomic E-state index is -4.78. The maximum Gasteiger partial charge on any atom is 0.573 e. The van der Waals surface area contributed by atoms with Gasteiger partial charge in [0.15, 0.2) is 0 Å². The van der Waals surface area contributed by atoms with E-state index in [1.165, 1.54) is 18.2 Å². The highest BCUT2D eigenvalue weighted by molar-refractivity contribution is 5.78. The summed E-state index contributed by atoms with van der Waals surface area (Å²) in [5.41, 5.74) is 2.17. The van der Waals surface area contributed by atoms with Gasteiger partial charge in [0.1, 0.15) is 5.75 Å². The van der Waals surface area contributed by atoms with Crippen LogP contribution in [0.15, 0.2) is 48.5 Å². The van der Waals surface area contributed by atoms with Gasteiger partial charge in [-0.05, 0) is 24.6 Å². The number of rotatable bonds is 6. The highest BCUT2D eigenvalue weighted by atomic mass is 19.4. The van der Waals surface area contributed by atoms with Crippen molar-refractivity contribution >= 4 is 22.9 Å². The Hall–Kier alpha value is -3.27. The maximum atomic E-state index is 12.6. The molecule has 0 radical (unpaired) electrons. The molecule has 0 saturated carbocycles. The number of halogens is 3. The van der Waals surface area contributed by atoms with E-state index in [0.717, 1.165) is 43.0 Å². The second-order valence-corrected chi connectivity index (χ2v) is 7.63. The van der Waals surface area contributed by atoms with Gasteiger partial charge < -0.3 is 19.9 Å². The summed E-state index contributed by atoms with van der Waals surface area (Å²) in [7, 11) is 0. The third-order valence-electron chi connectivity index (χ3n) is 5.31. The van der Waals surface area contributed by atoms with Crippen molar-refractivity contribution in [1.82, 2.24) is 20.2 Å². The SMILES string of the molecule is O=C(CN1CCCN(c2nc3ccccc3[nH]2)CC1)NCc1ccccc1OC(F)(F)F. The molecular weight excluding hydrogens is 423 g/mol. The molecular formula is C22H24F3N5O2. The van der Waals surface area contributed by atoms with E-state index in [2.05, 4.69) is 24.9 Å². The number of nitrogens with one attached hydrogen (secondary N) is 2. The van der Waals surface area contributed by atoms with Gasteiger partial charge in [0.25, 0.3) is 0 Å². The zero-order chi connectivity index (χ0) is 22.6. The van der Waals surface area contributed by atoms with Crippen molar-refractivity contribution < 1.29 is 22.7 Å². The Labute approximate surface area is 183 Å². The van der Waals surface area contributed by atoms with Crippen LogP contribution in [0.5, 0.6) is 5.75 Å². The average molecular weight is 447 g/mol. The Morgan fingerprint density at radius 2 is 1.84 bits per heavy atom. The summed E-state index contributed by atoms with van der Waals surface area (Å²) in [6, 6.07) is 13.6. The smallest absolute Gasteiger partial charge is 0.405 e. The lowest BCUT2D eigenvalue weighted by molar-refractivity contribution is -0.274. The van der Waals surface area contributed by atoms with Gasteiger partial charge >= 0.3 is 6.36 Å². The van der Waals surface area contributed by atoms with Crippen LogP contribution in [0.3, 0.4) is 0 Å². The van der Waals surface area contributed by atoms with E-state index in [4.69, 9.17) is 0 Å². The molecule has 1 fully saturated rings. The monoisotopic (exact) mass is 447 g/mol. The van der Waals surface area contributed by atoms with E-state index in [0.29, 0.717) is 6.54 Å². The summed E-state index contributed by atoms with van der Waals surface area (Å²) < 4.78 is 41.7. The molecule has 4 rings (SSSR count). The quantitative estimate of drug-likeness (QED) is 0.607. The number of carbonyl (C=O) groups excluding carboxylic acids is 1. The molecule has 0 atom stereocenters. The first-order valence-corrected chi connectivity index (χ1v) is 10.4. The second-order valence-electron chi connectivity index (χ2n) is 7.63. The van der Waals surface area contributed by atoms with E-state index >= 15 is 0 Å². The van der Waals surface area contributed by atoms with E-state index in [9.17, 15) is 18.0 Å². The zero-order valence-corrected chi connectivity index (χ0v) is 17.4. The number of hydrogen-bond donors (Lipinski definition) is 2. The van der Waals surface area contributed by atoms with Crippen molar-refractivity contribution in [2.24, 2.45) is 0 Å². The normalized spacial score (nSPS) is 15.5. The number of benzene rings is 2. The molecule has 3 aromatic rings. The lowest BCUT2D eigenvalue weighted by Crippen LogP contribution is -2.39. The number of fused-ring (bicyclic) bond motifs is 1. The fraction of sp³-hybridized carbons (Fsp3) is 0.364. The number of amides is 1. The van der Waals surface area contributed by atoms with Crippen molar-refractivity contribution in [3.8, 4) is 5.75 Å². The molecule has 1 saturated heterocycles. The van der Waals surface area contributed by atoms with Crippen LogP contribution in [-0.2, 0) is 11.3 Å².